The van der Waals surface area contributed by atoms with E-state index < -0.39 is 17.2 Å². The molecule has 5 aromatic rings. The number of halogens is 1. The molecule has 12 heteroatoms. The molecule has 3 heterocycles. The lowest BCUT2D eigenvalue weighted by Crippen LogP contribution is -2.42. The Bertz CT molecular complexity index is 1870. The van der Waals surface area contributed by atoms with Gasteiger partial charge in [-0.05, 0) is 54.8 Å². The quantitative estimate of drug-likeness (QED) is 0.340. The van der Waals surface area contributed by atoms with Crippen LogP contribution in [0.4, 0.5) is 21.2 Å². The summed E-state index contributed by atoms with van der Waals surface area (Å²) in [5.41, 5.74) is 1.88. The second kappa shape index (κ2) is 9.87. The van der Waals surface area contributed by atoms with E-state index in [1.807, 2.05) is 6.92 Å². The zero-order chi connectivity index (χ0) is 27.0. The summed E-state index contributed by atoms with van der Waals surface area (Å²) in [6.07, 6.45) is 3.00. The predicted molar refractivity (Wildman–Crippen MR) is 144 cm³/mol. The van der Waals surface area contributed by atoms with Gasteiger partial charge in [-0.1, -0.05) is 17.4 Å². The van der Waals surface area contributed by atoms with Gasteiger partial charge in [-0.15, -0.1) is 0 Å². The fourth-order valence-corrected chi connectivity index (χ4v) is 4.81. The van der Waals surface area contributed by atoms with Gasteiger partial charge in [-0.3, -0.25) is 9.55 Å². The van der Waals surface area contributed by atoms with Gasteiger partial charge in [0.2, 0.25) is 5.95 Å². The Morgan fingerprint density at radius 3 is 2.66 bits per heavy atom. The first-order valence-electron chi connectivity index (χ1n) is 11.5. The average Bonchev–Trinajstić information content (AvgIpc) is 3.29. The van der Waals surface area contributed by atoms with Crippen molar-refractivity contribution in [3.8, 4) is 11.8 Å². The summed E-state index contributed by atoms with van der Waals surface area (Å²) in [4.78, 5) is 39.4. The Hall–Kier alpha value is -4.89. The molecular formula is C26H21FN8O2S. The summed E-state index contributed by atoms with van der Waals surface area (Å²) in [5.74, 6) is -0.767. The molecule has 0 radical (unpaired) electrons. The maximum atomic E-state index is 15.1. The van der Waals surface area contributed by atoms with Crippen LogP contribution >= 0.6 is 11.3 Å². The third kappa shape index (κ3) is 4.62. The summed E-state index contributed by atoms with van der Waals surface area (Å²) in [5, 5.41) is 15.8. The van der Waals surface area contributed by atoms with E-state index in [2.05, 4.69) is 31.7 Å². The van der Waals surface area contributed by atoms with E-state index in [-0.39, 0.29) is 23.9 Å². The molecule has 0 saturated carbocycles. The molecule has 2 aromatic carbocycles. The minimum Gasteiger partial charge on any atom is -0.365 e. The Morgan fingerprint density at radius 1 is 1.11 bits per heavy atom. The molecule has 0 atom stereocenters. The highest BCUT2D eigenvalue weighted by Gasteiger charge is 2.19. The number of nitrogens with one attached hydrogen (secondary N) is 2. The summed E-state index contributed by atoms with van der Waals surface area (Å²) < 4.78 is 17.9. The number of nitrogens with zero attached hydrogens (tertiary/aromatic N) is 6. The molecule has 0 saturated heterocycles. The molecule has 3 aromatic heterocycles. The second-order valence-corrected chi connectivity index (χ2v) is 9.62. The van der Waals surface area contributed by atoms with Crippen molar-refractivity contribution in [3.05, 3.63) is 97.8 Å². The number of aryl methyl sites for hydroxylation is 2. The molecule has 190 valence electrons. The topological polar surface area (TPSA) is 131 Å². The molecule has 5 rings (SSSR count). The summed E-state index contributed by atoms with van der Waals surface area (Å²) >= 11 is 1.33. The third-order valence-corrected chi connectivity index (χ3v) is 6.97. The summed E-state index contributed by atoms with van der Waals surface area (Å²) in [6.45, 7) is 3.61. The molecule has 0 fully saturated rings. The Kier molecular flexibility index (Phi) is 6.44. The minimum absolute atomic E-state index is 0.0244. The lowest BCUT2D eigenvalue weighted by Gasteiger charge is -2.17. The van der Waals surface area contributed by atoms with Gasteiger partial charge in [0, 0.05) is 19.3 Å². The molecule has 38 heavy (non-hydrogen) atoms. The zero-order valence-electron chi connectivity index (χ0n) is 20.6. The van der Waals surface area contributed by atoms with Gasteiger partial charge >= 0.3 is 11.4 Å². The fraction of sp³-hybridized carbons (Fsp3) is 0.154. The van der Waals surface area contributed by atoms with Crippen molar-refractivity contribution in [2.75, 3.05) is 17.7 Å². The van der Waals surface area contributed by atoms with Crippen molar-refractivity contribution in [1.82, 2.24) is 24.1 Å². The highest BCUT2D eigenvalue weighted by molar-refractivity contribution is 7.22. The van der Waals surface area contributed by atoms with E-state index in [1.165, 1.54) is 28.2 Å². The number of fused-ring (bicyclic) bond motifs is 1. The Balaban J connectivity index is 1.69. The molecule has 0 unspecified atom stereocenters. The first-order valence-corrected chi connectivity index (χ1v) is 12.3. The van der Waals surface area contributed by atoms with E-state index in [1.54, 1.807) is 50.5 Å². The van der Waals surface area contributed by atoms with Crippen molar-refractivity contribution in [2.24, 2.45) is 0 Å². The average molecular weight is 529 g/mol. The van der Waals surface area contributed by atoms with E-state index in [9.17, 15) is 14.9 Å². The van der Waals surface area contributed by atoms with Gasteiger partial charge in [0.25, 0.3) is 0 Å². The number of nitriles is 1. The van der Waals surface area contributed by atoms with E-state index >= 15 is 4.39 Å². The first kappa shape index (κ1) is 24.8. The first-order chi connectivity index (χ1) is 18.3. The van der Waals surface area contributed by atoms with Crippen LogP contribution in [0.15, 0.2) is 58.4 Å². The molecule has 2 N–H and O–H groups in total. The van der Waals surface area contributed by atoms with Gasteiger partial charge < -0.3 is 10.6 Å². The second-order valence-electron chi connectivity index (χ2n) is 8.59. The van der Waals surface area contributed by atoms with Crippen LogP contribution in [0.3, 0.4) is 0 Å². The predicted octanol–water partition coefficient (Wildman–Crippen LogP) is 3.86. The SMILES string of the molecule is CNc1nc2cc(F)c(Nc3nc(=O)n(-c4cncc(C)c4)c(=O)n3Cc3cc(C#N)ccc3C)cc2s1. The number of benzene rings is 2. The van der Waals surface area contributed by atoms with Crippen LogP contribution in [0.5, 0.6) is 0 Å². The van der Waals surface area contributed by atoms with Crippen LogP contribution in [-0.4, -0.2) is 31.1 Å². The molecule has 0 aliphatic rings. The van der Waals surface area contributed by atoms with E-state index in [4.69, 9.17) is 0 Å². The van der Waals surface area contributed by atoms with Crippen molar-refractivity contribution in [2.45, 2.75) is 20.4 Å². The van der Waals surface area contributed by atoms with Gasteiger partial charge in [0.15, 0.2) is 5.13 Å². The maximum Gasteiger partial charge on any atom is 0.359 e. The van der Waals surface area contributed by atoms with Crippen LogP contribution in [0.1, 0.15) is 22.3 Å². The molecule has 10 nitrogen and oxygen atoms in total. The molecule has 0 amide bonds. The largest absolute Gasteiger partial charge is 0.365 e. The van der Waals surface area contributed by atoms with Crippen molar-refractivity contribution in [1.29, 1.82) is 5.26 Å². The standard InChI is InChI=1S/C26H21FN8O2S/c1-14-6-18(12-30-11-14)35-25(36)33-23(31-20-9-22-21(8-19(20)27)32-24(29-3)38-22)34(26(35)37)13-17-7-16(10-28)5-4-15(17)2/h4-9,11-12H,13H2,1-3H3,(H,29,32)(H,31,33,36). The molecular weight excluding hydrogens is 507 g/mol. The highest BCUT2D eigenvalue weighted by atomic mass is 32.1. The van der Waals surface area contributed by atoms with Gasteiger partial charge in [-0.25, -0.2) is 23.5 Å². The van der Waals surface area contributed by atoms with Crippen molar-refractivity contribution >= 4 is 38.3 Å². The van der Waals surface area contributed by atoms with Gasteiger partial charge in [0.1, 0.15) is 5.82 Å². The van der Waals surface area contributed by atoms with Crippen LogP contribution < -0.4 is 22.0 Å². The molecule has 0 bridgehead atoms. The number of hydrogen-bond acceptors (Lipinski definition) is 9. The Labute approximate surface area is 219 Å². The van der Waals surface area contributed by atoms with Crippen LogP contribution in [0, 0.1) is 31.0 Å². The van der Waals surface area contributed by atoms with Crippen LogP contribution in [0.25, 0.3) is 15.9 Å². The fourth-order valence-electron chi connectivity index (χ4n) is 3.97. The lowest BCUT2D eigenvalue weighted by molar-refractivity contribution is 0.628. The normalized spacial score (nSPS) is 10.9. The number of hydrogen-bond donors (Lipinski definition) is 2. The number of aromatic nitrogens is 5. The van der Waals surface area contributed by atoms with Gasteiger partial charge in [0.05, 0.1) is 46.0 Å². The minimum atomic E-state index is -0.847. The highest BCUT2D eigenvalue weighted by Crippen LogP contribution is 2.31. The van der Waals surface area contributed by atoms with E-state index in [0.29, 0.717) is 26.5 Å². The molecule has 0 aliphatic carbocycles. The number of rotatable bonds is 6. The Morgan fingerprint density at radius 2 is 1.92 bits per heavy atom. The number of pyridine rings is 1. The maximum absolute atomic E-state index is 15.1. The van der Waals surface area contributed by atoms with Crippen molar-refractivity contribution < 1.29 is 4.39 Å². The zero-order valence-corrected chi connectivity index (χ0v) is 21.4. The van der Waals surface area contributed by atoms with Crippen LogP contribution in [-0.2, 0) is 6.54 Å². The smallest absolute Gasteiger partial charge is 0.359 e. The number of thiazole rings is 1. The molecule has 0 spiro atoms. The monoisotopic (exact) mass is 528 g/mol. The molecule has 0 aliphatic heterocycles. The lowest BCUT2D eigenvalue weighted by atomic mass is 10.1. The van der Waals surface area contributed by atoms with E-state index in [0.717, 1.165) is 15.7 Å². The summed E-state index contributed by atoms with van der Waals surface area (Å²) in [6, 6.07) is 11.7. The number of anilines is 3. The van der Waals surface area contributed by atoms with Crippen molar-refractivity contribution in [3.63, 3.8) is 0 Å². The van der Waals surface area contributed by atoms with Gasteiger partial charge in [-0.2, -0.15) is 10.2 Å². The van der Waals surface area contributed by atoms with Crippen LogP contribution in [0.2, 0.25) is 0 Å². The summed E-state index contributed by atoms with van der Waals surface area (Å²) in [7, 11) is 1.72. The third-order valence-electron chi connectivity index (χ3n) is 5.93.